The van der Waals surface area contributed by atoms with E-state index in [2.05, 4.69) is 10.6 Å². The van der Waals surface area contributed by atoms with Gasteiger partial charge in [-0.25, -0.2) is 0 Å². The van der Waals surface area contributed by atoms with Crippen LogP contribution in [0.2, 0.25) is 5.02 Å². The molecule has 0 bridgehead atoms. The molecule has 0 spiro atoms. The highest BCUT2D eigenvalue weighted by Crippen LogP contribution is 2.18. The first-order valence-electron chi connectivity index (χ1n) is 9.00. The van der Waals surface area contributed by atoms with E-state index in [0.29, 0.717) is 29.4 Å². The monoisotopic (exact) mass is 396 g/mol. The Hall–Kier alpha value is -3.05. The Morgan fingerprint density at radius 1 is 0.929 bits per heavy atom. The van der Waals surface area contributed by atoms with Crippen molar-refractivity contribution in [3.05, 3.63) is 77.3 Å². The molecule has 6 heteroatoms. The fourth-order valence-electron chi connectivity index (χ4n) is 2.79. The van der Waals surface area contributed by atoms with Gasteiger partial charge in [0.1, 0.15) is 5.75 Å². The molecule has 0 saturated carbocycles. The lowest BCUT2D eigenvalue weighted by atomic mass is 10.0. The molecule has 3 aromatic rings. The van der Waals surface area contributed by atoms with Crippen LogP contribution in [0.25, 0.3) is 10.8 Å². The molecule has 0 radical (unpaired) electrons. The van der Waals surface area contributed by atoms with Gasteiger partial charge in [-0.15, -0.1) is 0 Å². The summed E-state index contributed by atoms with van der Waals surface area (Å²) in [7, 11) is 0. The molecule has 28 heavy (non-hydrogen) atoms. The summed E-state index contributed by atoms with van der Waals surface area (Å²) in [6.45, 7) is 2.30. The highest BCUT2D eigenvalue weighted by molar-refractivity contribution is 6.30. The molecular formula is C22H21ClN2O3. The quantitative estimate of drug-likeness (QED) is 0.597. The van der Waals surface area contributed by atoms with E-state index in [1.165, 1.54) is 0 Å². The third-order valence-electron chi connectivity index (χ3n) is 4.24. The molecule has 1 unspecified atom stereocenters. The van der Waals surface area contributed by atoms with E-state index in [-0.39, 0.29) is 11.8 Å². The summed E-state index contributed by atoms with van der Waals surface area (Å²) in [6.07, 6.45) is -0.657. The highest BCUT2D eigenvalue weighted by Gasteiger charge is 2.14. The lowest BCUT2D eigenvalue weighted by Gasteiger charge is -2.15. The number of halogens is 1. The van der Waals surface area contributed by atoms with Crippen molar-refractivity contribution in [2.75, 3.05) is 13.1 Å². The van der Waals surface area contributed by atoms with Gasteiger partial charge in [-0.05, 0) is 48.0 Å². The Balaban J connectivity index is 1.46. The molecule has 0 heterocycles. The number of benzene rings is 3. The fraction of sp³-hybridized carbons (Fsp3) is 0.182. The topological polar surface area (TPSA) is 67.4 Å². The second kappa shape index (κ2) is 9.24. The number of hydrogen-bond acceptors (Lipinski definition) is 3. The molecule has 5 nitrogen and oxygen atoms in total. The number of hydrogen-bond donors (Lipinski definition) is 2. The van der Waals surface area contributed by atoms with Gasteiger partial charge < -0.3 is 15.4 Å². The molecule has 0 aliphatic rings. The number of nitrogens with one attached hydrogen (secondary N) is 2. The van der Waals surface area contributed by atoms with Gasteiger partial charge in [0.15, 0.2) is 6.10 Å². The summed E-state index contributed by atoms with van der Waals surface area (Å²) in [4.78, 5) is 24.6. The lowest BCUT2D eigenvalue weighted by molar-refractivity contribution is -0.127. The van der Waals surface area contributed by atoms with E-state index in [9.17, 15) is 9.59 Å². The summed E-state index contributed by atoms with van der Waals surface area (Å²) in [6, 6.07) is 20.1. The Bertz CT molecular complexity index is 968. The normalized spacial score (nSPS) is 11.6. The largest absolute Gasteiger partial charge is 0.481 e. The molecule has 0 saturated heterocycles. The Morgan fingerprint density at radius 3 is 2.39 bits per heavy atom. The molecule has 0 aliphatic heterocycles. The van der Waals surface area contributed by atoms with E-state index >= 15 is 0 Å². The van der Waals surface area contributed by atoms with Crippen LogP contribution in [0.5, 0.6) is 5.75 Å². The fourth-order valence-corrected chi connectivity index (χ4v) is 2.92. The third-order valence-corrected chi connectivity index (χ3v) is 4.49. The van der Waals surface area contributed by atoms with Crippen molar-refractivity contribution >= 4 is 34.2 Å². The molecule has 144 valence electrons. The van der Waals surface area contributed by atoms with Gasteiger partial charge in [0.2, 0.25) is 0 Å². The molecule has 2 N–H and O–H groups in total. The first kappa shape index (κ1) is 19.7. The zero-order valence-corrected chi connectivity index (χ0v) is 16.2. The summed E-state index contributed by atoms with van der Waals surface area (Å²) in [5.41, 5.74) is 0.615. The summed E-state index contributed by atoms with van der Waals surface area (Å²) < 4.78 is 5.57. The molecule has 3 rings (SSSR count). The van der Waals surface area contributed by atoms with Crippen molar-refractivity contribution < 1.29 is 14.3 Å². The van der Waals surface area contributed by atoms with Gasteiger partial charge in [-0.1, -0.05) is 48.0 Å². The highest BCUT2D eigenvalue weighted by atomic mass is 35.5. The van der Waals surface area contributed by atoms with Gasteiger partial charge in [0.25, 0.3) is 11.8 Å². The second-order valence-electron chi connectivity index (χ2n) is 6.29. The van der Waals surface area contributed by atoms with Gasteiger partial charge in [-0.3, -0.25) is 9.59 Å². The maximum absolute atomic E-state index is 12.4. The minimum Gasteiger partial charge on any atom is -0.481 e. The van der Waals surface area contributed by atoms with Crippen LogP contribution >= 0.6 is 11.6 Å². The van der Waals surface area contributed by atoms with E-state index in [4.69, 9.17) is 16.3 Å². The van der Waals surface area contributed by atoms with Crippen LogP contribution in [0.3, 0.4) is 0 Å². The molecule has 2 amide bonds. The van der Waals surface area contributed by atoms with Crippen molar-refractivity contribution in [2.24, 2.45) is 0 Å². The van der Waals surface area contributed by atoms with Gasteiger partial charge in [-0.2, -0.15) is 0 Å². The second-order valence-corrected chi connectivity index (χ2v) is 6.72. The van der Waals surface area contributed by atoms with Crippen molar-refractivity contribution in [1.82, 2.24) is 10.6 Å². The average Bonchev–Trinajstić information content (AvgIpc) is 2.72. The van der Waals surface area contributed by atoms with E-state index in [1.54, 1.807) is 37.3 Å². The molecule has 0 aliphatic carbocycles. The maximum Gasteiger partial charge on any atom is 0.260 e. The first-order valence-corrected chi connectivity index (χ1v) is 9.38. The number of rotatable bonds is 7. The number of carbonyl (C=O) groups excluding carboxylic acids is 2. The van der Waals surface area contributed by atoms with Crippen molar-refractivity contribution in [2.45, 2.75) is 13.0 Å². The van der Waals surface area contributed by atoms with Gasteiger partial charge in [0.05, 0.1) is 0 Å². The third kappa shape index (κ3) is 5.02. The number of fused-ring (bicyclic) bond motifs is 1. The van der Waals surface area contributed by atoms with Gasteiger partial charge in [0, 0.05) is 23.7 Å². The Labute approximate surface area is 168 Å². The van der Waals surface area contributed by atoms with E-state index in [1.807, 2.05) is 36.4 Å². The molecule has 1 atom stereocenters. The van der Waals surface area contributed by atoms with E-state index < -0.39 is 6.10 Å². The minimum absolute atomic E-state index is 0.170. The zero-order valence-electron chi connectivity index (χ0n) is 15.4. The lowest BCUT2D eigenvalue weighted by Crippen LogP contribution is -2.40. The molecular weight excluding hydrogens is 376 g/mol. The van der Waals surface area contributed by atoms with Crippen LogP contribution in [0.15, 0.2) is 66.7 Å². The molecule has 3 aromatic carbocycles. The standard InChI is InChI=1S/C22H21ClN2O3/c1-15(28-18-11-9-17(23)10-12-18)21(26)24-13-14-25-22(27)20-8-4-6-16-5-2-3-7-19(16)20/h2-12,15H,13-14H2,1H3,(H,24,26)(H,25,27). The van der Waals surface area contributed by atoms with Gasteiger partial charge >= 0.3 is 0 Å². The molecule has 0 fully saturated rings. The smallest absolute Gasteiger partial charge is 0.260 e. The predicted octanol–water partition coefficient (Wildman–Crippen LogP) is 3.81. The Kier molecular flexibility index (Phi) is 6.50. The van der Waals surface area contributed by atoms with Crippen LogP contribution in [0.1, 0.15) is 17.3 Å². The number of amides is 2. The van der Waals surface area contributed by atoms with Crippen LogP contribution in [0.4, 0.5) is 0 Å². The van der Waals surface area contributed by atoms with Crippen LogP contribution in [-0.2, 0) is 4.79 Å². The van der Waals surface area contributed by atoms with Crippen molar-refractivity contribution in [1.29, 1.82) is 0 Å². The zero-order chi connectivity index (χ0) is 19.9. The molecule has 0 aromatic heterocycles. The van der Waals surface area contributed by atoms with E-state index in [0.717, 1.165) is 10.8 Å². The summed E-state index contributed by atoms with van der Waals surface area (Å²) in [5.74, 6) is 0.141. The average molecular weight is 397 g/mol. The van der Waals surface area contributed by atoms with Crippen molar-refractivity contribution in [3.63, 3.8) is 0 Å². The minimum atomic E-state index is -0.657. The maximum atomic E-state index is 12.4. The first-order chi connectivity index (χ1) is 13.5. The van der Waals surface area contributed by atoms with Crippen LogP contribution < -0.4 is 15.4 Å². The number of ether oxygens (including phenoxy) is 1. The van der Waals surface area contributed by atoms with Crippen LogP contribution in [-0.4, -0.2) is 31.0 Å². The summed E-state index contributed by atoms with van der Waals surface area (Å²) >= 11 is 5.83. The SMILES string of the molecule is CC(Oc1ccc(Cl)cc1)C(=O)NCCNC(=O)c1cccc2ccccc12. The predicted molar refractivity (Wildman–Crippen MR) is 111 cm³/mol. The van der Waals surface area contributed by atoms with Crippen LogP contribution in [0, 0.1) is 0 Å². The van der Waals surface area contributed by atoms with Crippen molar-refractivity contribution in [3.8, 4) is 5.75 Å². The number of carbonyl (C=O) groups is 2. The summed E-state index contributed by atoms with van der Waals surface area (Å²) in [5, 5.41) is 8.10. The Morgan fingerprint density at radius 2 is 1.61 bits per heavy atom.